The van der Waals surface area contributed by atoms with Crippen LogP contribution in [0, 0.1) is 0 Å². The monoisotopic (exact) mass is 838 g/mol. The molecule has 58 heavy (non-hydrogen) atoms. The number of allylic oxidation sites excluding steroid dienone is 8. The van der Waals surface area contributed by atoms with Crippen molar-refractivity contribution in [1.29, 1.82) is 0 Å². The van der Waals surface area contributed by atoms with Crippen molar-refractivity contribution in [2.75, 3.05) is 26.4 Å². The Kier molecular flexibility index (Phi) is 43.0. The fourth-order valence-electron chi connectivity index (χ4n) is 6.53. The van der Waals surface area contributed by atoms with E-state index in [0.29, 0.717) is 6.42 Å². The number of nitrogens with two attached hydrogens (primary N) is 1. The molecule has 0 spiro atoms. The Balaban J connectivity index is 4.03. The van der Waals surface area contributed by atoms with E-state index in [4.69, 9.17) is 24.3 Å². The summed E-state index contributed by atoms with van der Waals surface area (Å²) >= 11 is 0. The van der Waals surface area contributed by atoms with Gasteiger partial charge < -0.3 is 20.1 Å². The Morgan fingerprint density at radius 1 is 0.534 bits per heavy atom. The first-order chi connectivity index (χ1) is 28.3. The summed E-state index contributed by atoms with van der Waals surface area (Å²) in [6, 6.07) is 0. The molecule has 0 aliphatic heterocycles. The van der Waals surface area contributed by atoms with Gasteiger partial charge in [-0.25, -0.2) is 4.57 Å². The van der Waals surface area contributed by atoms with E-state index in [-0.39, 0.29) is 32.6 Å². The highest BCUT2D eigenvalue weighted by molar-refractivity contribution is 7.47. The minimum Gasteiger partial charge on any atom is -0.462 e. The molecule has 10 heteroatoms. The van der Waals surface area contributed by atoms with Gasteiger partial charge in [-0.1, -0.05) is 210 Å². The van der Waals surface area contributed by atoms with Gasteiger partial charge in [-0.15, -0.1) is 0 Å². The zero-order valence-electron chi connectivity index (χ0n) is 37.3. The molecule has 0 rings (SSSR count). The number of carbonyl (C=O) groups excluding carboxylic acids is 2. The maximum Gasteiger partial charge on any atom is 0.472 e. The summed E-state index contributed by atoms with van der Waals surface area (Å²) in [5, 5.41) is 0. The third kappa shape index (κ3) is 43.5. The summed E-state index contributed by atoms with van der Waals surface area (Å²) in [4.78, 5) is 34.8. The van der Waals surface area contributed by atoms with Gasteiger partial charge in [-0.3, -0.25) is 18.6 Å². The lowest BCUT2D eigenvalue weighted by molar-refractivity contribution is -0.161. The van der Waals surface area contributed by atoms with Gasteiger partial charge in [-0.05, 0) is 38.5 Å². The van der Waals surface area contributed by atoms with Crippen molar-refractivity contribution >= 4 is 19.8 Å². The molecule has 9 nitrogen and oxygen atoms in total. The highest BCUT2D eigenvalue weighted by atomic mass is 31.2. The first kappa shape index (κ1) is 56.0. The summed E-state index contributed by atoms with van der Waals surface area (Å²) in [7, 11) is -4.39. The molecule has 0 bridgehead atoms. The number of phosphoric acid groups is 1. The van der Waals surface area contributed by atoms with Gasteiger partial charge in [-0.2, -0.15) is 0 Å². The molecule has 0 heterocycles. The number of phosphoric ester groups is 1. The van der Waals surface area contributed by atoms with Crippen LogP contribution in [0.5, 0.6) is 0 Å². The standard InChI is InChI=1S/C48H88NO8P/c1-3-5-7-9-11-13-15-17-18-19-20-21-22-23-24-25-26-27-29-30-32-34-36-38-40-47(50)54-44-46(45-56-58(52,53)55-43-42-49)57-48(51)41-39-37-35-33-31-28-16-14-12-10-8-6-4-2/h6,8,12,14,28,31,35,37,46H,3-5,7,9-11,13,15-27,29-30,32-34,36,38-45,49H2,1-2H3,(H,52,53)/b8-6-,14-12-,31-28-,37-35-. The topological polar surface area (TPSA) is 134 Å². The third-order valence-electron chi connectivity index (χ3n) is 9.99. The van der Waals surface area contributed by atoms with E-state index in [1.54, 1.807) is 0 Å². The molecule has 0 fully saturated rings. The number of rotatable bonds is 44. The Bertz CT molecular complexity index is 1090. The van der Waals surface area contributed by atoms with Gasteiger partial charge in [0.2, 0.25) is 0 Å². The molecule has 3 N–H and O–H groups in total. The molecule has 0 aromatic carbocycles. The number of carbonyl (C=O) groups is 2. The minimum absolute atomic E-state index is 0.0425. The fraction of sp³-hybridized carbons (Fsp3) is 0.792. The second-order valence-electron chi connectivity index (χ2n) is 15.6. The predicted molar refractivity (Wildman–Crippen MR) is 243 cm³/mol. The van der Waals surface area contributed by atoms with Gasteiger partial charge in [0.05, 0.1) is 13.2 Å². The van der Waals surface area contributed by atoms with Gasteiger partial charge in [0.1, 0.15) is 6.61 Å². The minimum atomic E-state index is -4.39. The Morgan fingerprint density at radius 3 is 1.38 bits per heavy atom. The quantitative estimate of drug-likeness (QED) is 0.0266. The molecule has 0 aliphatic rings. The van der Waals surface area contributed by atoms with Crippen LogP contribution in [0.15, 0.2) is 48.6 Å². The van der Waals surface area contributed by atoms with Crippen LogP contribution in [-0.2, 0) is 32.7 Å². The highest BCUT2D eigenvalue weighted by Crippen LogP contribution is 2.43. The smallest absolute Gasteiger partial charge is 0.462 e. The van der Waals surface area contributed by atoms with Crippen molar-refractivity contribution in [3.8, 4) is 0 Å². The van der Waals surface area contributed by atoms with Gasteiger partial charge in [0.15, 0.2) is 6.10 Å². The van der Waals surface area contributed by atoms with E-state index >= 15 is 0 Å². The first-order valence-electron chi connectivity index (χ1n) is 23.6. The second-order valence-corrected chi connectivity index (χ2v) is 17.1. The molecule has 0 aromatic heterocycles. The lowest BCUT2D eigenvalue weighted by Gasteiger charge is -2.19. The van der Waals surface area contributed by atoms with E-state index in [2.05, 4.69) is 50.3 Å². The van der Waals surface area contributed by atoms with Crippen molar-refractivity contribution in [3.05, 3.63) is 48.6 Å². The molecule has 2 atom stereocenters. The predicted octanol–water partition coefficient (Wildman–Crippen LogP) is 13.9. The lowest BCUT2D eigenvalue weighted by atomic mass is 10.0. The molecule has 2 unspecified atom stereocenters. The maximum atomic E-state index is 12.5. The van der Waals surface area contributed by atoms with E-state index in [1.165, 1.54) is 135 Å². The van der Waals surface area contributed by atoms with Gasteiger partial charge in [0, 0.05) is 19.4 Å². The summed E-state index contributed by atoms with van der Waals surface area (Å²) in [6.07, 6.45) is 51.8. The molecular weight excluding hydrogens is 750 g/mol. The van der Waals surface area contributed by atoms with Gasteiger partial charge in [0.25, 0.3) is 0 Å². The van der Waals surface area contributed by atoms with Gasteiger partial charge >= 0.3 is 19.8 Å². The molecule has 0 aliphatic carbocycles. The normalized spacial score (nSPS) is 13.7. The van der Waals surface area contributed by atoms with E-state index in [1.807, 2.05) is 12.2 Å². The third-order valence-corrected chi connectivity index (χ3v) is 11.0. The van der Waals surface area contributed by atoms with Crippen LogP contribution in [0.4, 0.5) is 0 Å². The number of esters is 2. The van der Waals surface area contributed by atoms with Crippen molar-refractivity contribution in [3.63, 3.8) is 0 Å². The number of ether oxygens (including phenoxy) is 2. The zero-order chi connectivity index (χ0) is 42.5. The Hall–Kier alpha value is -2.03. The number of unbranched alkanes of at least 4 members (excludes halogenated alkanes) is 23. The second kappa shape index (κ2) is 44.5. The van der Waals surface area contributed by atoms with Crippen LogP contribution < -0.4 is 5.73 Å². The van der Waals surface area contributed by atoms with E-state index in [9.17, 15) is 19.0 Å². The van der Waals surface area contributed by atoms with Crippen molar-refractivity contribution in [1.82, 2.24) is 0 Å². The van der Waals surface area contributed by atoms with Crippen LogP contribution in [0.2, 0.25) is 0 Å². The Morgan fingerprint density at radius 2 is 0.948 bits per heavy atom. The molecule has 0 radical (unpaired) electrons. The van der Waals surface area contributed by atoms with Crippen LogP contribution >= 0.6 is 7.82 Å². The Labute approximate surface area is 356 Å². The van der Waals surface area contributed by atoms with E-state index in [0.717, 1.165) is 44.9 Å². The average Bonchev–Trinajstić information content (AvgIpc) is 3.21. The zero-order valence-corrected chi connectivity index (χ0v) is 38.2. The average molecular weight is 838 g/mol. The lowest BCUT2D eigenvalue weighted by Crippen LogP contribution is -2.29. The highest BCUT2D eigenvalue weighted by Gasteiger charge is 2.25. The molecule has 0 saturated heterocycles. The first-order valence-corrected chi connectivity index (χ1v) is 25.1. The molecular formula is C48H88NO8P. The summed E-state index contributed by atoms with van der Waals surface area (Å²) in [5.74, 6) is -0.918. The summed E-state index contributed by atoms with van der Waals surface area (Å²) < 4.78 is 32.7. The summed E-state index contributed by atoms with van der Waals surface area (Å²) in [5.41, 5.74) is 5.34. The SMILES string of the molecule is CC/C=C\C/C=C\C/C=C\C/C=C\CCC(=O)OC(COC(=O)CCCCCCCCCCCCCCCCCCCCCCCCCC)COP(=O)(O)OCCN. The molecule has 0 saturated carbocycles. The van der Waals surface area contributed by atoms with Crippen molar-refractivity contribution < 1.29 is 37.6 Å². The van der Waals surface area contributed by atoms with Crippen LogP contribution in [0.1, 0.15) is 213 Å². The maximum absolute atomic E-state index is 12.5. The number of hydrogen-bond donors (Lipinski definition) is 2. The van der Waals surface area contributed by atoms with E-state index < -0.39 is 32.5 Å². The van der Waals surface area contributed by atoms with Crippen molar-refractivity contribution in [2.24, 2.45) is 5.73 Å². The fourth-order valence-corrected chi connectivity index (χ4v) is 7.30. The van der Waals surface area contributed by atoms with Crippen LogP contribution in [-0.4, -0.2) is 49.3 Å². The number of hydrogen-bond acceptors (Lipinski definition) is 8. The molecule has 0 amide bonds. The van der Waals surface area contributed by atoms with Crippen LogP contribution in [0.25, 0.3) is 0 Å². The van der Waals surface area contributed by atoms with Crippen LogP contribution in [0.3, 0.4) is 0 Å². The van der Waals surface area contributed by atoms with Crippen molar-refractivity contribution in [2.45, 2.75) is 219 Å². The summed E-state index contributed by atoms with van der Waals surface area (Å²) in [6.45, 7) is 3.55. The largest absolute Gasteiger partial charge is 0.472 e. The molecule has 338 valence electrons. The molecule has 0 aromatic rings.